The molecule has 2 aromatic carbocycles. The van der Waals surface area contributed by atoms with Gasteiger partial charge in [0.2, 0.25) is 0 Å². The van der Waals surface area contributed by atoms with Gasteiger partial charge < -0.3 is 10.1 Å². The molecular weight excluding hydrogens is 394 g/mol. The van der Waals surface area contributed by atoms with Crippen LogP contribution in [0.2, 0.25) is 4.47 Å². The summed E-state index contributed by atoms with van der Waals surface area (Å²) >= 11 is 7.19. The van der Waals surface area contributed by atoms with E-state index < -0.39 is 10.0 Å². The first-order valence-electron chi connectivity index (χ1n) is 7.58. The predicted molar refractivity (Wildman–Crippen MR) is 105 cm³/mol. The molecule has 0 bridgehead atoms. The molecule has 0 spiro atoms. The number of anilines is 2. The van der Waals surface area contributed by atoms with E-state index in [-0.39, 0.29) is 4.90 Å². The maximum Gasteiger partial charge on any atom is 0.262 e. The second-order valence-corrected chi connectivity index (χ2v) is 8.64. The number of methoxy groups -OCH3 is 1. The molecular formula is C17H16ClN3O3S2. The number of halogens is 1. The molecule has 0 radical (unpaired) electrons. The second kappa shape index (κ2) is 7.94. The normalized spacial score (nSPS) is 11.2. The van der Waals surface area contributed by atoms with E-state index in [0.29, 0.717) is 22.4 Å². The maximum atomic E-state index is 12.6. The van der Waals surface area contributed by atoms with Crippen LogP contribution in [-0.2, 0) is 16.6 Å². The Morgan fingerprint density at radius 1 is 1.15 bits per heavy atom. The molecule has 1 heterocycles. The average Bonchev–Trinajstić information content (AvgIpc) is 3.06. The first-order valence-corrected chi connectivity index (χ1v) is 10.3. The molecule has 9 heteroatoms. The number of hydrogen-bond acceptors (Lipinski definition) is 6. The number of sulfonamides is 1. The minimum Gasteiger partial charge on any atom is -0.495 e. The van der Waals surface area contributed by atoms with Gasteiger partial charge in [-0.05, 0) is 36.4 Å². The van der Waals surface area contributed by atoms with E-state index in [9.17, 15) is 8.42 Å². The van der Waals surface area contributed by atoms with Crippen molar-refractivity contribution in [3.8, 4) is 5.75 Å². The Balaban J connectivity index is 1.70. The van der Waals surface area contributed by atoms with Gasteiger partial charge in [-0.3, -0.25) is 4.72 Å². The lowest BCUT2D eigenvalue weighted by atomic mass is 10.3. The largest absolute Gasteiger partial charge is 0.495 e. The standard InChI is InChI=1S/C17H16ClN3O3S2/c1-24-16-5-3-2-4-15(16)21-26(22,23)14-8-6-12(7-9-14)19-10-13-11-20-17(18)25-13/h2-9,11,19,21H,10H2,1H3. The summed E-state index contributed by atoms with van der Waals surface area (Å²) in [5.41, 5.74) is 1.19. The molecule has 0 amide bonds. The first-order chi connectivity index (χ1) is 12.5. The van der Waals surface area contributed by atoms with Gasteiger partial charge in [-0.15, -0.1) is 11.3 Å². The molecule has 6 nitrogen and oxygen atoms in total. The topological polar surface area (TPSA) is 80.3 Å². The molecule has 3 rings (SSSR count). The third kappa shape index (κ3) is 4.46. The van der Waals surface area contributed by atoms with Crippen LogP contribution in [0.1, 0.15) is 4.88 Å². The quantitative estimate of drug-likeness (QED) is 0.610. The zero-order valence-corrected chi connectivity index (χ0v) is 16.2. The van der Waals surface area contributed by atoms with Crippen LogP contribution in [0, 0.1) is 0 Å². The van der Waals surface area contributed by atoms with Gasteiger partial charge in [0.1, 0.15) is 5.75 Å². The summed E-state index contributed by atoms with van der Waals surface area (Å²) in [6.45, 7) is 0.565. The Labute approximate surface area is 160 Å². The second-order valence-electron chi connectivity index (χ2n) is 5.26. The van der Waals surface area contributed by atoms with Crippen LogP contribution in [0.4, 0.5) is 11.4 Å². The summed E-state index contributed by atoms with van der Waals surface area (Å²) in [4.78, 5) is 5.13. The average molecular weight is 410 g/mol. The van der Waals surface area contributed by atoms with Crippen molar-refractivity contribution in [3.63, 3.8) is 0 Å². The minimum atomic E-state index is -3.71. The van der Waals surface area contributed by atoms with Crippen molar-refractivity contribution < 1.29 is 13.2 Å². The van der Waals surface area contributed by atoms with Gasteiger partial charge in [0, 0.05) is 16.8 Å². The number of benzene rings is 2. The molecule has 0 aliphatic heterocycles. The van der Waals surface area contributed by atoms with Crippen LogP contribution in [-0.4, -0.2) is 20.5 Å². The molecule has 0 saturated carbocycles. The van der Waals surface area contributed by atoms with Crippen molar-refractivity contribution in [1.29, 1.82) is 0 Å². The van der Waals surface area contributed by atoms with Gasteiger partial charge in [0.25, 0.3) is 10.0 Å². The lowest BCUT2D eigenvalue weighted by Gasteiger charge is -2.12. The van der Waals surface area contributed by atoms with Crippen molar-refractivity contribution >= 4 is 44.3 Å². The molecule has 0 aliphatic rings. The highest BCUT2D eigenvalue weighted by Gasteiger charge is 2.16. The lowest BCUT2D eigenvalue weighted by molar-refractivity contribution is 0.417. The molecule has 0 unspecified atom stereocenters. The van der Waals surface area contributed by atoms with Crippen LogP contribution in [0.15, 0.2) is 59.6 Å². The Bertz CT molecular complexity index is 988. The fraction of sp³-hybridized carbons (Fsp3) is 0.118. The number of thiazole rings is 1. The molecule has 0 atom stereocenters. The van der Waals surface area contributed by atoms with Crippen molar-refractivity contribution in [3.05, 3.63) is 64.1 Å². The van der Waals surface area contributed by atoms with Crippen LogP contribution in [0.3, 0.4) is 0 Å². The van der Waals surface area contributed by atoms with Crippen LogP contribution >= 0.6 is 22.9 Å². The molecule has 26 heavy (non-hydrogen) atoms. The Hall–Kier alpha value is -2.29. The smallest absolute Gasteiger partial charge is 0.262 e. The van der Waals surface area contributed by atoms with Gasteiger partial charge in [0.05, 0.1) is 24.2 Å². The number of aromatic nitrogens is 1. The molecule has 0 fully saturated rings. The number of nitrogens with one attached hydrogen (secondary N) is 2. The summed E-state index contributed by atoms with van der Waals surface area (Å²) in [6.07, 6.45) is 1.70. The van der Waals surface area contributed by atoms with Gasteiger partial charge in [-0.1, -0.05) is 23.7 Å². The van der Waals surface area contributed by atoms with E-state index >= 15 is 0 Å². The molecule has 0 aliphatic carbocycles. The van der Waals surface area contributed by atoms with E-state index in [0.717, 1.165) is 10.6 Å². The van der Waals surface area contributed by atoms with Crippen molar-refractivity contribution in [2.45, 2.75) is 11.4 Å². The zero-order valence-electron chi connectivity index (χ0n) is 13.8. The minimum absolute atomic E-state index is 0.162. The molecule has 136 valence electrons. The van der Waals surface area contributed by atoms with Crippen LogP contribution < -0.4 is 14.8 Å². The van der Waals surface area contributed by atoms with Gasteiger partial charge in [-0.25, -0.2) is 13.4 Å². The highest BCUT2D eigenvalue weighted by atomic mass is 35.5. The van der Waals surface area contributed by atoms with E-state index in [1.54, 1.807) is 54.7 Å². The number of para-hydroxylation sites is 2. The lowest BCUT2D eigenvalue weighted by Crippen LogP contribution is -2.13. The Kier molecular flexibility index (Phi) is 5.65. The summed E-state index contributed by atoms with van der Waals surface area (Å²) < 4.78 is 33.3. The number of hydrogen-bond donors (Lipinski definition) is 2. The zero-order chi connectivity index (χ0) is 18.6. The predicted octanol–water partition coefficient (Wildman–Crippen LogP) is 4.22. The van der Waals surface area contributed by atoms with E-state index in [2.05, 4.69) is 15.0 Å². The molecule has 3 aromatic rings. The van der Waals surface area contributed by atoms with Crippen LogP contribution in [0.5, 0.6) is 5.75 Å². The van der Waals surface area contributed by atoms with Gasteiger partial charge >= 0.3 is 0 Å². The van der Waals surface area contributed by atoms with Crippen LogP contribution in [0.25, 0.3) is 0 Å². The summed E-state index contributed by atoms with van der Waals surface area (Å²) in [5, 5.41) is 3.20. The fourth-order valence-electron chi connectivity index (χ4n) is 2.24. The molecule has 2 N–H and O–H groups in total. The van der Waals surface area contributed by atoms with Crippen molar-refractivity contribution in [1.82, 2.24) is 4.98 Å². The van der Waals surface area contributed by atoms with Gasteiger partial charge in [-0.2, -0.15) is 0 Å². The SMILES string of the molecule is COc1ccccc1NS(=O)(=O)c1ccc(NCc2cnc(Cl)s2)cc1. The summed E-state index contributed by atoms with van der Waals surface area (Å²) in [6, 6.07) is 13.3. The monoisotopic (exact) mass is 409 g/mol. The van der Waals surface area contributed by atoms with E-state index in [1.165, 1.54) is 18.4 Å². The molecule has 1 aromatic heterocycles. The Morgan fingerprint density at radius 2 is 1.88 bits per heavy atom. The van der Waals surface area contributed by atoms with Crippen molar-refractivity contribution in [2.24, 2.45) is 0 Å². The molecule has 0 saturated heterocycles. The van der Waals surface area contributed by atoms with E-state index in [4.69, 9.17) is 16.3 Å². The van der Waals surface area contributed by atoms with E-state index in [1.807, 2.05) is 0 Å². The first kappa shape index (κ1) is 18.5. The third-order valence-corrected chi connectivity index (χ3v) is 6.00. The summed E-state index contributed by atoms with van der Waals surface area (Å²) in [7, 11) is -2.22. The summed E-state index contributed by atoms with van der Waals surface area (Å²) in [5.74, 6) is 0.456. The number of ether oxygens (including phenoxy) is 1. The van der Waals surface area contributed by atoms with Gasteiger partial charge in [0.15, 0.2) is 4.47 Å². The number of rotatable bonds is 7. The van der Waals surface area contributed by atoms with Crippen molar-refractivity contribution in [2.75, 3.05) is 17.1 Å². The maximum absolute atomic E-state index is 12.6. The third-order valence-electron chi connectivity index (χ3n) is 3.51. The number of nitrogens with zero attached hydrogens (tertiary/aromatic N) is 1. The fourth-order valence-corrected chi connectivity index (χ4v) is 4.23. The highest BCUT2D eigenvalue weighted by molar-refractivity contribution is 7.92. The highest BCUT2D eigenvalue weighted by Crippen LogP contribution is 2.26. The Morgan fingerprint density at radius 3 is 2.54 bits per heavy atom.